The lowest BCUT2D eigenvalue weighted by Crippen LogP contribution is -2.41. The van der Waals surface area contributed by atoms with E-state index in [1.807, 2.05) is 18.7 Å². The molecule has 1 aliphatic heterocycles. The third-order valence-electron chi connectivity index (χ3n) is 2.97. The van der Waals surface area contributed by atoms with Crippen LogP contribution in [0.25, 0.3) is 0 Å². The molecule has 0 aromatic carbocycles. The molecule has 0 saturated carbocycles. The molecule has 0 N–H and O–H groups in total. The fraction of sp³-hybridized carbons (Fsp3) is 0.909. The van der Waals surface area contributed by atoms with Crippen molar-refractivity contribution < 1.29 is 9.53 Å². The molecule has 0 aliphatic carbocycles. The molecule has 1 aliphatic rings. The lowest BCUT2D eigenvalue weighted by molar-refractivity contribution is -0.137. The summed E-state index contributed by atoms with van der Waals surface area (Å²) in [4.78, 5) is 13.5. The molecule has 1 atom stereocenters. The van der Waals surface area contributed by atoms with E-state index in [0.29, 0.717) is 12.5 Å². The van der Waals surface area contributed by atoms with Crippen molar-refractivity contribution in [3.05, 3.63) is 0 Å². The van der Waals surface area contributed by atoms with Gasteiger partial charge in [-0.15, -0.1) is 11.6 Å². The van der Waals surface area contributed by atoms with E-state index in [1.165, 1.54) is 0 Å². The Hall–Kier alpha value is -0.280. The molecule has 1 heterocycles. The van der Waals surface area contributed by atoms with Crippen LogP contribution in [0.3, 0.4) is 0 Å². The number of piperidine rings is 1. The number of nitrogens with zero attached hydrogens (tertiary/aromatic N) is 1. The van der Waals surface area contributed by atoms with E-state index in [9.17, 15) is 4.79 Å². The van der Waals surface area contributed by atoms with Crippen LogP contribution in [0.1, 0.15) is 26.7 Å². The monoisotopic (exact) mass is 233 g/mol. The Labute approximate surface area is 96.7 Å². The van der Waals surface area contributed by atoms with Gasteiger partial charge in [-0.25, -0.2) is 0 Å². The van der Waals surface area contributed by atoms with E-state index < -0.39 is 0 Å². The van der Waals surface area contributed by atoms with Crippen LogP contribution in [0.4, 0.5) is 0 Å². The van der Waals surface area contributed by atoms with Crippen molar-refractivity contribution in [1.82, 2.24) is 4.90 Å². The SMILES string of the molecule is CCOCC(=O)N1CCC(C(C)Cl)CC1. The van der Waals surface area contributed by atoms with Gasteiger partial charge in [0.2, 0.25) is 5.91 Å². The molecule has 0 aromatic rings. The molecule has 1 unspecified atom stereocenters. The van der Waals surface area contributed by atoms with Gasteiger partial charge in [0.15, 0.2) is 0 Å². The molecule has 0 spiro atoms. The summed E-state index contributed by atoms with van der Waals surface area (Å²) in [5.74, 6) is 0.667. The molecule has 15 heavy (non-hydrogen) atoms. The number of rotatable bonds is 4. The fourth-order valence-corrected chi connectivity index (χ4v) is 2.14. The molecule has 4 heteroatoms. The number of hydrogen-bond donors (Lipinski definition) is 0. The van der Waals surface area contributed by atoms with Crippen molar-refractivity contribution in [3.63, 3.8) is 0 Å². The van der Waals surface area contributed by atoms with Gasteiger partial charge in [-0.3, -0.25) is 4.79 Å². The van der Waals surface area contributed by atoms with Crippen LogP contribution >= 0.6 is 11.6 Å². The highest BCUT2D eigenvalue weighted by Gasteiger charge is 2.25. The third kappa shape index (κ3) is 3.99. The lowest BCUT2D eigenvalue weighted by Gasteiger charge is -2.33. The fourth-order valence-electron chi connectivity index (χ4n) is 1.89. The first-order valence-electron chi connectivity index (χ1n) is 5.64. The molecule has 0 aromatic heterocycles. The average Bonchev–Trinajstić information content (AvgIpc) is 2.26. The molecule has 1 rings (SSSR count). The van der Waals surface area contributed by atoms with Crippen molar-refractivity contribution in [3.8, 4) is 0 Å². The Balaban J connectivity index is 2.27. The first-order valence-corrected chi connectivity index (χ1v) is 6.08. The van der Waals surface area contributed by atoms with Gasteiger partial charge in [-0.05, 0) is 32.6 Å². The number of amides is 1. The van der Waals surface area contributed by atoms with E-state index in [4.69, 9.17) is 16.3 Å². The first-order chi connectivity index (χ1) is 7.15. The first kappa shape index (κ1) is 12.8. The summed E-state index contributed by atoms with van der Waals surface area (Å²) in [7, 11) is 0. The van der Waals surface area contributed by atoms with Crippen LogP contribution in [0, 0.1) is 5.92 Å². The van der Waals surface area contributed by atoms with E-state index in [2.05, 4.69) is 0 Å². The summed E-state index contributed by atoms with van der Waals surface area (Å²) in [6, 6.07) is 0. The van der Waals surface area contributed by atoms with E-state index in [-0.39, 0.29) is 17.9 Å². The van der Waals surface area contributed by atoms with Gasteiger partial charge in [0.05, 0.1) is 0 Å². The van der Waals surface area contributed by atoms with Crippen molar-refractivity contribution in [2.45, 2.75) is 32.1 Å². The second-order valence-corrected chi connectivity index (χ2v) is 4.72. The molecular weight excluding hydrogens is 214 g/mol. The third-order valence-corrected chi connectivity index (χ3v) is 3.33. The molecular formula is C11H20ClNO2. The number of carbonyl (C=O) groups excluding carboxylic acids is 1. The number of carbonyl (C=O) groups is 1. The summed E-state index contributed by atoms with van der Waals surface area (Å²) in [6.45, 7) is 6.40. The van der Waals surface area contributed by atoms with Gasteiger partial charge in [0, 0.05) is 25.1 Å². The van der Waals surface area contributed by atoms with Gasteiger partial charge < -0.3 is 9.64 Å². The number of hydrogen-bond acceptors (Lipinski definition) is 2. The molecule has 88 valence electrons. The summed E-state index contributed by atoms with van der Waals surface area (Å²) in [5.41, 5.74) is 0. The maximum absolute atomic E-state index is 11.6. The largest absolute Gasteiger partial charge is 0.372 e. The second kappa shape index (κ2) is 6.33. The molecule has 0 radical (unpaired) electrons. The van der Waals surface area contributed by atoms with Crippen molar-refractivity contribution in [2.75, 3.05) is 26.3 Å². The van der Waals surface area contributed by atoms with Crippen LogP contribution in [-0.4, -0.2) is 42.5 Å². The van der Waals surface area contributed by atoms with Gasteiger partial charge in [0.25, 0.3) is 0 Å². The minimum atomic E-state index is 0.109. The summed E-state index contributed by atoms with van der Waals surface area (Å²) in [6.07, 6.45) is 2.03. The van der Waals surface area contributed by atoms with Gasteiger partial charge in [-0.2, -0.15) is 0 Å². The van der Waals surface area contributed by atoms with Crippen LogP contribution < -0.4 is 0 Å². The zero-order valence-corrected chi connectivity index (χ0v) is 10.3. The highest BCUT2D eigenvalue weighted by molar-refractivity contribution is 6.20. The van der Waals surface area contributed by atoms with Crippen molar-refractivity contribution in [1.29, 1.82) is 0 Å². The maximum Gasteiger partial charge on any atom is 0.248 e. The highest BCUT2D eigenvalue weighted by Crippen LogP contribution is 2.23. The summed E-state index contributed by atoms with van der Waals surface area (Å²) in [5, 5.41) is 0.217. The Morgan fingerprint density at radius 2 is 2.13 bits per heavy atom. The number of likely N-dealkylation sites (tertiary alicyclic amines) is 1. The molecule has 3 nitrogen and oxygen atoms in total. The minimum absolute atomic E-state index is 0.109. The van der Waals surface area contributed by atoms with E-state index >= 15 is 0 Å². The van der Waals surface area contributed by atoms with Crippen LogP contribution in [-0.2, 0) is 9.53 Å². The molecule has 0 bridgehead atoms. The Kier molecular flexibility index (Phi) is 5.40. The minimum Gasteiger partial charge on any atom is -0.372 e. The highest BCUT2D eigenvalue weighted by atomic mass is 35.5. The van der Waals surface area contributed by atoms with Gasteiger partial charge >= 0.3 is 0 Å². The topological polar surface area (TPSA) is 29.5 Å². The summed E-state index contributed by atoms with van der Waals surface area (Å²) < 4.78 is 5.11. The van der Waals surface area contributed by atoms with Crippen molar-refractivity contribution in [2.24, 2.45) is 5.92 Å². The molecule has 1 fully saturated rings. The molecule has 1 amide bonds. The predicted molar refractivity (Wildman–Crippen MR) is 61.1 cm³/mol. The van der Waals surface area contributed by atoms with Crippen LogP contribution in [0.5, 0.6) is 0 Å². The van der Waals surface area contributed by atoms with E-state index in [1.54, 1.807) is 0 Å². The Morgan fingerprint density at radius 3 is 2.60 bits per heavy atom. The average molecular weight is 234 g/mol. The maximum atomic E-state index is 11.6. The van der Waals surface area contributed by atoms with Crippen LogP contribution in [0.15, 0.2) is 0 Å². The smallest absolute Gasteiger partial charge is 0.248 e. The predicted octanol–water partition coefficient (Wildman–Crippen LogP) is 1.89. The Morgan fingerprint density at radius 1 is 1.53 bits per heavy atom. The second-order valence-electron chi connectivity index (χ2n) is 4.03. The quantitative estimate of drug-likeness (QED) is 0.694. The molecule has 1 saturated heterocycles. The number of halogens is 1. The number of alkyl halides is 1. The van der Waals surface area contributed by atoms with Gasteiger partial charge in [-0.1, -0.05) is 0 Å². The zero-order chi connectivity index (χ0) is 11.3. The zero-order valence-electron chi connectivity index (χ0n) is 9.54. The standard InChI is InChI=1S/C11H20ClNO2/c1-3-15-8-11(14)13-6-4-10(5-7-13)9(2)12/h9-10H,3-8H2,1-2H3. The Bertz CT molecular complexity index is 201. The van der Waals surface area contributed by atoms with E-state index in [0.717, 1.165) is 25.9 Å². The lowest BCUT2D eigenvalue weighted by atomic mass is 9.94. The van der Waals surface area contributed by atoms with Gasteiger partial charge in [0.1, 0.15) is 6.61 Å². The normalized spacial score (nSPS) is 20.3. The van der Waals surface area contributed by atoms with Crippen LogP contribution in [0.2, 0.25) is 0 Å². The van der Waals surface area contributed by atoms with Crippen molar-refractivity contribution >= 4 is 17.5 Å². The summed E-state index contributed by atoms with van der Waals surface area (Å²) >= 11 is 6.04. The number of ether oxygens (including phenoxy) is 1.